The van der Waals surface area contributed by atoms with E-state index in [-0.39, 0.29) is 18.2 Å². The van der Waals surface area contributed by atoms with Crippen LogP contribution in [0.1, 0.15) is 32.7 Å². The quantitative estimate of drug-likeness (QED) is 0.540. The van der Waals surface area contributed by atoms with Gasteiger partial charge in [-0.1, -0.05) is 6.92 Å². The van der Waals surface area contributed by atoms with Gasteiger partial charge in [-0.2, -0.15) is 0 Å². The van der Waals surface area contributed by atoms with Crippen LogP contribution in [0.3, 0.4) is 0 Å². The molecule has 1 unspecified atom stereocenters. The van der Waals surface area contributed by atoms with Gasteiger partial charge in [-0.15, -0.1) is 0 Å². The zero-order valence-electron chi connectivity index (χ0n) is 9.55. The molecule has 16 heavy (non-hydrogen) atoms. The monoisotopic (exact) mass is 224 g/mol. The highest BCUT2D eigenvalue weighted by Gasteiger charge is 2.21. The molecular formula is C11H16N2O3. The molecule has 0 radical (unpaired) electrons. The van der Waals surface area contributed by atoms with Gasteiger partial charge in [0.15, 0.2) is 5.78 Å². The van der Waals surface area contributed by atoms with Crippen molar-refractivity contribution in [3.05, 3.63) is 18.7 Å². The number of rotatable bonds is 6. The molecule has 88 valence electrons. The van der Waals surface area contributed by atoms with Crippen molar-refractivity contribution in [2.45, 2.75) is 32.7 Å². The zero-order valence-corrected chi connectivity index (χ0v) is 9.55. The summed E-state index contributed by atoms with van der Waals surface area (Å²) in [6.45, 7) is 3.91. The normalized spacial score (nSPS) is 12.1. The van der Waals surface area contributed by atoms with Gasteiger partial charge in [0.25, 0.3) is 0 Å². The summed E-state index contributed by atoms with van der Waals surface area (Å²) in [7, 11) is 0. The second-order valence-corrected chi connectivity index (χ2v) is 3.38. The Balaban J connectivity index is 2.60. The number of ketones is 1. The van der Waals surface area contributed by atoms with Gasteiger partial charge < -0.3 is 9.30 Å². The van der Waals surface area contributed by atoms with Crippen LogP contribution in [0.2, 0.25) is 0 Å². The lowest BCUT2D eigenvalue weighted by molar-refractivity contribution is -0.146. The van der Waals surface area contributed by atoms with Gasteiger partial charge in [0.05, 0.1) is 19.0 Å². The molecule has 0 saturated heterocycles. The summed E-state index contributed by atoms with van der Waals surface area (Å²) in [6.07, 6.45) is 5.37. The van der Waals surface area contributed by atoms with Crippen LogP contribution in [-0.2, 0) is 14.3 Å². The molecule has 0 aromatic carbocycles. The molecule has 1 heterocycles. The van der Waals surface area contributed by atoms with Crippen molar-refractivity contribution in [1.29, 1.82) is 0 Å². The molecule has 0 fully saturated rings. The van der Waals surface area contributed by atoms with E-state index < -0.39 is 5.97 Å². The van der Waals surface area contributed by atoms with Crippen LogP contribution >= 0.6 is 0 Å². The Labute approximate surface area is 94.4 Å². The SMILES string of the molecule is CCOC(=O)CC(=O)C(CC)n1ccnc1. The van der Waals surface area contributed by atoms with Crippen molar-refractivity contribution in [1.82, 2.24) is 9.55 Å². The lowest BCUT2D eigenvalue weighted by Crippen LogP contribution is -2.21. The van der Waals surface area contributed by atoms with Crippen molar-refractivity contribution >= 4 is 11.8 Å². The number of nitrogens with zero attached hydrogens (tertiary/aromatic N) is 2. The first-order valence-electron chi connectivity index (χ1n) is 5.34. The van der Waals surface area contributed by atoms with Gasteiger partial charge in [-0.3, -0.25) is 9.59 Å². The molecule has 0 aliphatic rings. The van der Waals surface area contributed by atoms with Gasteiger partial charge in [-0.05, 0) is 13.3 Å². The molecule has 0 bridgehead atoms. The van der Waals surface area contributed by atoms with Gasteiger partial charge in [0.2, 0.25) is 0 Å². The largest absolute Gasteiger partial charge is 0.466 e. The summed E-state index contributed by atoms with van der Waals surface area (Å²) in [4.78, 5) is 26.9. The van der Waals surface area contributed by atoms with E-state index in [0.29, 0.717) is 13.0 Å². The number of aromatic nitrogens is 2. The Kier molecular flexibility index (Phi) is 4.69. The molecule has 5 heteroatoms. The molecule has 0 saturated carbocycles. The highest BCUT2D eigenvalue weighted by molar-refractivity contribution is 5.97. The van der Waals surface area contributed by atoms with Crippen molar-refractivity contribution in [3.8, 4) is 0 Å². The van der Waals surface area contributed by atoms with Crippen molar-refractivity contribution in [2.24, 2.45) is 0 Å². The molecule has 1 atom stereocenters. The maximum Gasteiger partial charge on any atom is 0.313 e. The zero-order chi connectivity index (χ0) is 12.0. The van der Waals surface area contributed by atoms with Crippen LogP contribution in [0.4, 0.5) is 0 Å². The first-order valence-corrected chi connectivity index (χ1v) is 5.34. The number of esters is 1. The molecule has 0 aliphatic heterocycles. The number of ether oxygens (including phenoxy) is 1. The van der Waals surface area contributed by atoms with E-state index in [1.807, 2.05) is 6.92 Å². The summed E-state index contributed by atoms with van der Waals surface area (Å²) in [5.74, 6) is -0.606. The number of carbonyl (C=O) groups is 2. The van der Waals surface area contributed by atoms with Crippen molar-refractivity contribution in [2.75, 3.05) is 6.61 Å². The van der Waals surface area contributed by atoms with Crippen LogP contribution in [0.15, 0.2) is 18.7 Å². The second-order valence-electron chi connectivity index (χ2n) is 3.38. The molecule has 0 amide bonds. The highest BCUT2D eigenvalue weighted by atomic mass is 16.5. The summed E-state index contributed by atoms with van der Waals surface area (Å²) >= 11 is 0. The minimum absolute atomic E-state index is 0.140. The first kappa shape index (κ1) is 12.4. The number of carbonyl (C=O) groups excluding carboxylic acids is 2. The predicted molar refractivity (Wildman–Crippen MR) is 57.8 cm³/mol. The van der Waals surface area contributed by atoms with Gasteiger partial charge in [0, 0.05) is 12.4 Å². The predicted octanol–water partition coefficient (Wildman–Crippen LogP) is 1.36. The smallest absolute Gasteiger partial charge is 0.313 e. The molecule has 0 aliphatic carbocycles. The van der Waals surface area contributed by atoms with Crippen LogP contribution in [0.25, 0.3) is 0 Å². The van der Waals surface area contributed by atoms with Gasteiger partial charge in [-0.25, -0.2) is 4.98 Å². The summed E-state index contributed by atoms with van der Waals surface area (Å²) in [5, 5.41) is 0. The Bertz CT molecular complexity index is 346. The summed E-state index contributed by atoms with van der Waals surface area (Å²) in [6, 6.07) is -0.327. The van der Waals surface area contributed by atoms with E-state index in [4.69, 9.17) is 4.74 Å². The molecule has 0 spiro atoms. The van der Waals surface area contributed by atoms with E-state index in [1.165, 1.54) is 0 Å². The van der Waals surface area contributed by atoms with E-state index in [9.17, 15) is 9.59 Å². The first-order chi connectivity index (χ1) is 7.69. The van der Waals surface area contributed by atoms with E-state index in [2.05, 4.69) is 4.98 Å². The van der Waals surface area contributed by atoms with Crippen LogP contribution in [0.5, 0.6) is 0 Å². The van der Waals surface area contributed by atoms with E-state index in [0.717, 1.165) is 0 Å². The molecule has 5 nitrogen and oxygen atoms in total. The average molecular weight is 224 g/mol. The third-order valence-electron chi connectivity index (χ3n) is 2.27. The fourth-order valence-electron chi connectivity index (χ4n) is 1.53. The van der Waals surface area contributed by atoms with E-state index in [1.54, 1.807) is 30.2 Å². The number of hydrogen-bond donors (Lipinski definition) is 0. The van der Waals surface area contributed by atoms with Crippen LogP contribution in [-0.4, -0.2) is 27.9 Å². The molecular weight excluding hydrogens is 208 g/mol. The number of imidazole rings is 1. The lowest BCUT2D eigenvalue weighted by atomic mass is 10.1. The van der Waals surface area contributed by atoms with Crippen molar-refractivity contribution in [3.63, 3.8) is 0 Å². The Hall–Kier alpha value is -1.65. The van der Waals surface area contributed by atoms with Crippen LogP contribution < -0.4 is 0 Å². The third-order valence-corrected chi connectivity index (χ3v) is 2.27. The minimum atomic E-state index is -0.467. The third kappa shape index (κ3) is 3.18. The maximum atomic E-state index is 11.8. The Morgan fingerprint density at radius 2 is 2.19 bits per heavy atom. The summed E-state index contributed by atoms with van der Waals surface area (Å²) in [5.41, 5.74) is 0. The molecule has 1 rings (SSSR count). The fraction of sp³-hybridized carbons (Fsp3) is 0.545. The Morgan fingerprint density at radius 3 is 2.69 bits per heavy atom. The standard InChI is InChI=1S/C11H16N2O3/c1-3-9(13-6-5-12-8-13)10(14)7-11(15)16-4-2/h5-6,8-9H,3-4,7H2,1-2H3. The minimum Gasteiger partial charge on any atom is -0.466 e. The highest BCUT2D eigenvalue weighted by Crippen LogP contribution is 2.14. The summed E-state index contributed by atoms with van der Waals surface area (Å²) < 4.78 is 6.45. The topological polar surface area (TPSA) is 61.2 Å². The average Bonchev–Trinajstić information content (AvgIpc) is 2.72. The maximum absolute atomic E-state index is 11.8. The molecule has 1 aromatic rings. The molecule has 0 N–H and O–H groups in total. The van der Waals surface area contributed by atoms with Crippen molar-refractivity contribution < 1.29 is 14.3 Å². The van der Waals surface area contributed by atoms with Crippen LogP contribution in [0, 0.1) is 0 Å². The van der Waals surface area contributed by atoms with Gasteiger partial charge in [0.1, 0.15) is 6.42 Å². The number of Topliss-reactive ketones (excluding diaryl/α,β-unsaturated/α-hetero) is 1. The fourth-order valence-corrected chi connectivity index (χ4v) is 1.53. The second kappa shape index (κ2) is 6.05. The number of hydrogen-bond acceptors (Lipinski definition) is 4. The van der Waals surface area contributed by atoms with Gasteiger partial charge >= 0.3 is 5.97 Å². The Morgan fingerprint density at radius 1 is 1.44 bits per heavy atom. The lowest BCUT2D eigenvalue weighted by Gasteiger charge is -2.14. The molecule has 1 aromatic heterocycles. The van der Waals surface area contributed by atoms with E-state index >= 15 is 0 Å².